The zero-order valence-corrected chi connectivity index (χ0v) is 14.4. The van der Waals surface area contributed by atoms with Crippen LogP contribution in [-0.2, 0) is 19.6 Å². The summed E-state index contributed by atoms with van der Waals surface area (Å²) in [6.07, 6.45) is 1.10. The predicted octanol–water partition coefficient (Wildman–Crippen LogP) is 2.33. The third-order valence-electron chi connectivity index (χ3n) is 3.27. The van der Waals surface area contributed by atoms with E-state index in [1.54, 1.807) is 13.0 Å². The van der Waals surface area contributed by atoms with Gasteiger partial charge in [-0.25, -0.2) is 12.7 Å². The SMILES string of the molecule is CCOC(=O)CCCCN1C(=O)c2ccc(Br)cc2S1(=O)=O. The number of carbonyl (C=O) groups excluding carboxylic acids is 2. The first-order valence-electron chi connectivity index (χ1n) is 6.90. The minimum absolute atomic E-state index is 0.0252. The molecule has 2 rings (SSSR count). The van der Waals surface area contributed by atoms with Gasteiger partial charge in [-0.1, -0.05) is 15.9 Å². The molecule has 0 aromatic heterocycles. The number of halogens is 1. The highest BCUT2D eigenvalue weighted by Gasteiger charge is 2.40. The molecule has 1 amide bonds. The summed E-state index contributed by atoms with van der Waals surface area (Å²) in [6, 6.07) is 4.57. The number of benzene rings is 1. The van der Waals surface area contributed by atoms with Gasteiger partial charge in [-0.15, -0.1) is 0 Å². The van der Waals surface area contributed by atoms with Gasteiger partial charge in [0.15, 0.2) is 0 Å². The summed E-state index contributed by atoms with van der Waals surface area (Å²) in [6.45, 7) is 2.11. The molecule has 120 valence electrons. The second-order valence-electron chi connectivity index (χ2n) is 4.78. The highest BCUT2D eigenvalue weighted by atomic mass is 79.9. The molecule has 0 atom stereocenters. The number of rotatable bonds is 6. The molecule has 6 nitrogen and oxygen atoms in total. The van der Waals surface area contributed by atoms with Crippen LogP contribution in [0, 0.1) is 0 Å². The van der Waals surface area contributed by atoms with Crippen molar-refractivity contribution >= 4 is 37.8 Å². The fourth-order valence-corrected chi connectivity index (χ4v) is 4.37. The molecular weight excluding hydrogens is 374 g/mol. The molecule has 22 heavy (non-hydrogen) atoms. The largest absolute Gasteiger partial charge is 0.466 e. The second-order valence-corrected chi connectivity index (χ2v) is 7.53. The third kappa shape index (κ3) is 3.33. The average Bonchev–Trinajstić information content (AvgIpc) is 2.63. The molecule has 0 saturated heterocycles. The minimum Gasteiger partial charge on any atom is -0.466 e. The topological polar surface area (TPSA) is 80.8 Å². The van der Waals surface area contributed by atoms with Gasteiger partial charge in [0.25, 0.3) is 15.9 Å². The fourth-order valence-electron chi connectivity index (χ4n) is 2.23. The summed E-state index contributed by atoms with van der Waals surface area (Å²) in [5, 5.41) is 0. The van der Waals surface area contributed by atoms with Crippen LogP contribution in [0.25, 0.3) is 0 Å². The number of amides is 1. The van der Waals surface area contributed by atoms with Crippen molar-refractivity contribution in [1.29, 1.82) is 0 Å². The van der Waals surface area contributed by atoms with Crippen LogP contribution in [-0.4, -0.2) is 37.8 Å². The molecule has 1 aromatic carbocycles. The van der Waals surface area contributed by atoms with Crippen molar-refractivity contribution in [3.8, 4) is 0 Å². The lowest BCUT2D eigenvalue weighted by Gasteiger charge is -2.14. The zero-order valence-electron chi connectivity index (χ0n) is 12.0. The highest BCUT2D eigenvalue weighted by molar-refractivity contribution is 9.10. The van der Waals surface area contributed by atoms with E-state index < -0.39 is 15.9 Å². The van der Waals surface area contributed by atoms with Crippen molar-refractivity contribution < 1.29 is 22.7 Å². The number of unbranched alkanes of at least 4 members (excludes halogenated alkanes) is 1. The van der Waals surface area contributed by atoms with E-state index in [0.29, 0.717) is 23.9 Å². The molecule has 0 aliphatic carbocycles. The summed E-state index contributed by atoms with van der Waals surface area (Å²) in [4.78, 5) is 23.4. The number of carbonyl (C=O) groups is 2. The lowest BCUT2D eigenvalue weighted by atomic mass is 10.2. The van der Waals surface area contributed by atoms with Gasteiger partial charge in [0.2, 0.25) is 0 Å². The van der Waals surface area contributed by atoms with Gasteiger partial charge in [-0.2, -0.15) is 0 Å². The van der Waals surface area contributed by atoms with Crippen LogP contribution >= 0.6 is 15.9 Å². The van der Waals surface area contributed by atoms with E-state index in [4.69, 9.17) is 4.74 Å². The Morgan fingerprint density at radius 2 is 2.05 bits per heavy atom. The molecule has 0 bridgehead atoms. The third-order valence-corrected chi connectivity index (χ3v) is 5.58. The molecule has 0 spiro atoms. The minimum atomic E-state index is -3.79. The van der Waals surface area contributed by atoms with E-state index in [0.717, 1.165) is 4.31 Å². The predicted molar refractivity (Wildman–Crippen MR) is 82.8 cm³/mol. The number of sulfonamides is 1. The lowest BCUT2D eigenvalue weighted by Crippen LogP contribution is -2.31. The number of hydrogen-bond donors (Lipinski definition) is 0. The van der Waals surface area contributed by atoms with E-state index in [1.165, 1.54) is 12.1 Å². The van der Waals surface area contributed by atoms with E-state index in [9.17, 15) is 18.0 Å². The monoisotopic (exact) mass is 389 g/mol. The molecule has 0 fully saturated rings. The van der Waals surface area contributed by atoms with Crippen LogP contribution in [0.3, 0.4) is 0 Å². The highest BCUT2D eigenvalue weighted by Crippen LogP contribution is 2.32. The van der Waals surface area contributed by atoms with E-state index in [-0.39, 0.29) is 29.4 Å². The van der Waals surface area contributed by atoms with E-state index in [2.05, 4.69) is 15.9 Å². The van der Waals surface area contributed by atoms with E-state index in [1.807, 2.05) is 0 Å². The van der Waals surface area contributed by atoms with Crippen LogP contribution in [0.2, 0.25) is 0 Å². The van der Waals surface area contributed by atoms with Gasteiger partial charge >= 0.3 is 5.97 Å². The summed E-state index contributed by atoms with van der Waals surface area (Å²) in [5.41, 5.74) is 0.189. The van der Waals surface area contributed by atoms with Crippen molar-refractivity contribution in [2.24, 2.45) is 0 Å². The maximum absolute atomic E-state index is 12.4. The molecule has 1 aromatic rings. The molecule has 0 N–H and O–H groups in total. The summed E-state index contributed by atoms with van der Waals surface area (Å²) >= 11 is 3.21. The number of nitrogens with zero attached hydrogens (tertiary/aromatic N) is 1. The molecule has 8 heteroatoms. The number of fused-ring (bicyclic) bond motifs is 1. The van der Waals surface area contributed by atoms with Crippen molar-refractivity contribution in [2.75, 3.05) is 13.2 Å². The molecule has 1 heterocycles. The summed E-state index contributed by atoms with van der Waals surface area (Å²) in [5.74, 6) is -0.830. The number of ether oxygens (including phenoxy) is 1. The maximum Gasteiger partial charge on any atom is 0.305 e. The first-order valence-corrected chi connectivity index (χ1v) is 9.13. The summed E-state index contributed by atoms with van der Waals surface area (Å²) < 4.78 is 31.0. The Hall–Kier alpha value is -1.41. The van der Waals surface area contributed by atoms with E-state index >= 15 is 0 Å². The van der Waals surface area contributed by atoms with Gasteiger partial charge in [-0.05, 0) is 38.0 Å². The Kier molecular flexibility index (Phi) is 5.23. The normalized spacial score (nSPS) is 15.7. The van der Waals surface area contributed by atoms with Gasteiger partial charge in [0.05, 0.1) is 12.2 Å². The van der Waals surface area contributed by atoms with Crippen molar-refractivity contribution in [1.82, 2.24) is 4.31 Å². The second kappa shape index (κ2) is 6.78. The Labute approximate surface area is 137 Å². The number of esters is 1. The Morgan fingerprint density at radius 3 is 2.73 bits per heavy atom. The van der Waals surface area contributed by atoms with Crippen LogP contribution in [0.1, 0.15) is 36.5 Å². The fraction of sp³-hybridized carbons (Fsp3) is 0.429. The Bertz CT molecular complexity index is 701. The van der Waals surface area contributed by atoms with Gasteiger partial charge < -0.3 is 4.74 Å². The van der Waals surface area contributed by atoms with Gasteiger partial charge in [-0.3, -0.25) is 9.59 Å². The van der Waals surface area contributed by atoms with Crippen LogP contribution in [0.15, 0.2) is 27.6 Å². The van der Waals surface area contributed by atoms with Crippen molar-refractivity contribution in [3.63, 3.8) is 0 Å². The standard InChI is InChI=1S/C14H16BrNO5S/c1-2-21-13(17)5-3-4-8-16-14(18)11-7-6-10(15)9-12(11)22(16,19)20/h6-7,9H,2-5,8H2,1H3. The lowest BCUT2D eigenvalue weighted by molar-refractivity contribution is -0.143. The molecule has 0 radical (unpaired) electrons. The first kappa shape index (κ1) is 17.0. The Balaban J connectivity index is 2.02. The van der Waals surface area contributed by atoms with Crippen LogP contribution in [0.5, 0.6) is 0 Å². The maximum atomic E-state index is 12.4. The average molecular weight is 390 g/mol. The van der Waals surface area contributed by atoms with Gasteiger partial charge in [0.1, 0.15) is 4.90 Å². The smallest absolute Gasteiger partial charge is 0.305 e. The van der Waals surface area contributed by atoms with Gasteiger partial charge in [0, 0.05) is 17.4 Å². The molecular formula is C14H16BrNO5S. The zero-order chi connectivity index (χ0) is 16.3. The van der Waals surface area contributed by atoms with Crippen molar-refractivity contribution in [3.05, 3.63) is 28.2 Å². The molecule has 0 saturated carbocycles. The molecule has 1 aliphatic rings. The number of hydrogen-bond acceptors (Lipinski definition) is 5. The van der Waals surface area contributed by atoms with Crippen LogP contribution < -0.4 is 0 Å². The quantitative estimate of drug-likeness (QED) is 0.550. The van der Waals surface area contributed by atoms with Crippen LogP contribution in [0.4, 0.5) is 0 Å². The molecule has 0 unspecified atom stereocenters. The first-order chi connectivity index (χ1) is 10.4. The Morgan fingerprint density at radius 1 is 1.32 bits per heavy atom. The van der Waals surface area contributed by atoms with Crippen molar-refractivity contribution in [2.45, 2.75) is 31.1 Å². The summed E-state index contributed by atoms with van der Waals surface area (Å²) in [7, 11) is -3.79. The molecule has 1 aliphatic heterocycles.